The standard InChI is InChI=1S/C9H12N4S/c1-5-4-6(5)13-9-7(8(10)14)11-2-3-12-9/h2-3,5-6H,4H2,1H3,(H2,10,14)(H,12,13). The van der Waals surface area contributed by atoms with Gasteiger partial charge < -0.3 is 11.1 Å². The molecule has 1 aromatic rings. The monoisotopic (exact) mass is 208 g/mol. The third-order valence-corrected chi connectivity index (χ3v) is 2.56. The van der Waals surface area contributed by atoms with Crippen LogP contribution in [0.15, 0.2) is 12.4 Å². The van der Waals surface area contributed by atoms with Gasteiger partial charge in [0.15, 0.2) is 5.82 Å². The normalized spacial score (nSPS) is 24.4. The molecule has 0 aliphatic heterocycles. The molecule has 14 heavy (non-hydrogen) atoms. The molecule has 1 heterocycles. The molecule has 0 radical (unpaired) electrons. The van der Waals surface area contributed by atoms with Gasteiger partial charge in [0.2, 0.25) is 0 Å². The van der Waals surface area contributed by atoms with Gasteiger partial charge in [0.05, 0.1) is 0 Å². The topological polar surface area (TPSA) is 63.8 Å². The number of nitrogens with two attached hydrogens (primary N) is 1. The van der Waals surface area contributed by atoms with Gasteiger partial charge in [-0.1, -0.05) is 19.1 Å². The van der Waals surface area contributed by atoms with Gasteiger partial charge in [-0.05, 0) is 12.3 Å². The van der Waals surface area contributed by atoms with Gasteiger partial charge >= 0.3 is 0 Å². The van der Waals surface area contributed by atoms with E-state index in [0.29, 0.717) is 23.5 Å². The number of rotatable bonds is 3. The highest BCUT2D eigenvalue weighted by molar-refractivity contribution is 7.80. The van der Waals surface area contributed by atoms with Crippen molar-refractivity contribution in [2.75, 3.05) is 5.32 Å². The van der Waals surface area contributed by atoms with Gasteiger partial charge in [-0.15, -0.1) is 0 Å². The van der Waals surface area contributed by atoms with Crippen molar-refractivity contribution in [1.29, 1.82) is 0 Å². The molecule has 1 aromatic heterocycles. The summed E-state index contributed by atoms with van der Waals surface area (Å²) < 4.78 is 0. The third-order valence-electron chi connectivity index (χ3n) is 2.36. The van der Waals surface area contributed by atoms with Crippen molar-refractivity contribution in [3.63, 3.8) is 0 Å². The summed E-state index contributed by atoms with van der Waals surface area (Å²) in [4.78, 5) is 8.55. The number of aromatic nitrogens is 2. The largest absolute Gasteiger partial charge is 0.388 e. The molecule has 1 aliphatic carbocycles. The van der Waals surface area contributed by atoms with E-state index in [1.165, 1.54) is 6.42 Å². The highest BCUT2D eigenvalue weighted by atomic mass is 32.1. The second-order valence-corrected chi connectivity index (χ2v) is 4.02. The number of nitrogens with zero attached hydrogens (tertiary/aromatic N) is 2. The van der Waals surface area contributed by atoms with E-state index in [-0.39, 0.29) is 4.99 Å². The molecule has 0 bridgehead atoms. The van der Waals surface area contributed by atoms with Crippen molar-refractivity contribution in [2.24, 2.45) is 11.7 Å². The lowest BCUT2D eigenvalue weighted by atomic mass is 10.4. The quantitative estimate of drug-likeness (QED) is 0.723. The first-order valence-electron chi connectivity index (χ1n) is 4.56. The van der Waals surface area contributed by atoms with E-state index in [0.717, 1.165) is 0 Å². The van der Waals surface area contributed by atoms with Crippen molar-refractivity contribution in [1.82, 2.24) is 9.97 Å². The number of hydrogen-bond acceptors (Lipinski definition) is 4. The van der Waals surface area contributed by atoms with Crippen LogP contribution in [0.5, 0.6) is 0 Å². The molecule has 0 aromatic carbocycles. The van der Waals surface area contributed by atoms with Gasteiger partial charge in [-0.25, -0.2) is 9.97 Å². The summed E-state index contributed by atoms with van der Waals surface area (Å²) in [5.74, 6) is 1.41. The number of thiocarbonyl (C=S) groups is 1. The molecule has 4 nitrogen and oxygen atoms in total. The van der Waals surface area contributed by atoms with E-state index >= 15 is 0 Å². The highest BCUT2D eigenvalue weighted by Crippen LogP contribution is 2.32. The van der Waals surface area contributed by atoms with Crippen LogP contribution in [-0.2, 0) is 0 Å². The zero-order valence-electron chi connectivity index (χ0n) is 7.90. The zero-order chi connectivity index (χ0) is 10.1. The van der Waals surface area contributed by atoms with Crippen molar-refractivity contribution >= 4 is 23.0 Å². The maximum absolute atomic E-state index is 5.53. The van der Waals surface area contributed by atoms with E-state index in [1.807, 2.05) is 0 Å². The molecule has 3 N–H and O–H groups in total. The van der Waals surface area contributed by atoms with Crippen LogP contribution in [0.4, 0.5) is 5.82 Å². The minimum atomic E-state index is 0.286. The molecule has 2 atom stereocenters. The Morgan fingerprint density at radius 1 is 1.57 bits per heavy atom. The first kappa shape index (κ1) is 9.33. The van der Waals surface area contributed by atoms with Crippen LogP contribution >= 0.6 is 12.2 Å². The molecule has 5 heteroatoms. The van der Waals surface area contributed by atoms with Crippen LogP contribution in [-0.4, -0.2) is 21.0 Å². The smallest absolute Gasteiger partial charge is 0.155 e. The SMILES string of the molecule is CC1CC1Nc1nccnc1C(N)=S. The Hall–Kier alpha value is -1.23. The Kier molecular flexibility index (Phi) is 2.33. The van der Waals surface area contributed by atoms with E-state index in [4.69, 9.17) is 18.0 Å². The zero-order valence-corrected chi connectivity index (χ0v) is 8.71. The summed E-state index contributed by atoms with van der Waals surface area (Å²) in [6.45, 7) is 2.19. The Morgan fingerprint density at radius 3 is 2.79 bits per heavy atom. The van der Waals surface area contributed by atoms with E-state index in [9.17, 15) is 0 Å². The lowest BCUT2D eigenvalue weighted by molar-refractivity contribution is 0.920. The summed E-state index contributed by atoms with van der Waals surface area (Å²) in [7, 11) is 0. The van der Waals surface area contributed by atoms with Crippen molar-refractivity contribution < 1.29 is 0 Å². The summed E-state index contributed by atoms with van der Waals surface area (Å²) >= 11 is 4.89. The van der Waals surface area contributed by atoms with Crippen LogP contribution in [0, 0.1) is 5.92 Å². The minimum Gasteiger partial charge on any atom is -0.388 e. The fourth-order valence-electron chi connectivity index (χ4n) is 1.32. The average Bonchev–Trinajstić information content (AvgIpc) is 2.82. The summed E-state index contributed by atoms with van der Waals surface area (Å²) in [6, 6.07) is 0.500. The average molecular weight is 208 g/mol. The Morgan fingerprint density at radius 2 is 2.21 bits per heavy atom. The van der Waals surface area contributed by atoms with Gasteiger partial charge in [0.25, 0.3) is 0 Å². The summed E-state index contributed by atoms with van der Waals surface area (Å²) in [5.41, 5.74) is 6.12. The van der Waals surface area contributed by atoms with Crippen LogP contribution in [0.25, 0.3) is 0 Å². The first-order valence-corrected chi connectivity index (χ1v) is 4.96. The maximum Gasteiger partial charge on any atom is 0.155 e. The summed E-state index contributed by atoms with van der Waals surface area (Å²) in [5, 5.41) is 3.27. The fourth-order valence-corrected chi connectivity index (χ4v) is 1.47. The predicted octanol–water partition coefficient (Wildman–Crippen LogP) is 0.931. The van der Waals surface area contributed by atoms with Crippen molar-refractivity contribution in [3.05, 3.63) is 18.1 Å². The highest BCUT2D eigenvalue weighted by Gasteiger charge is 2.33. The van der Waals surface area contributed by atoms with Crippen LogP contribution in [0.3, 0.4) is 0 Å². The number of hydrogen-bond donors (Lipinski definition) is 2. The van der Waals surface area contributed by atoms with Crippen molar-refractivity contribution in [2.45, 2.75) is 19.4 Å². The second kappa shape index (κ2) is 3.49. The molecule has 0 amide bonds. The molecule has 2 rings (SSSR count). The Bertz CT molecular complexity index is 366. The molecule has 1 fully saturated rings. The molecule has 2 unspecified atom stereocenters. The molecule has 74 valence electrons. The lowest BCUT2D eigenvalue weighted by Gasteiger charge is -2.07. The van der Waals surface area contributed by atoms with E-state index in [1.54, 1.807) is 12.4 Å². The minimum absolute atomic E-state index is 0.286. The second-order valence-electron chi connectivity index (χ2n) is 3.58. The first-order chi connectivity index (χ1) is 6.68. The lowest BCUT2D eigenvalue weighted by Crippen LogP contribution is -2.17. The van der Waals surface area contributed by atoms with Crippen molar-refractivity contribution in [3.8, 4) is 0 Å². The number of nitrogens with one attached hydrogen (secondary N) is 1. The molecular weight excluding hydrogens is 196 g/mol. The van der Waals surface area contributed by atoms with E-state index < -0.39 is 0 Å². The van der Waals surface area contributed by atoms with Crippen LogP contribution < -0.4 is 11.1 Å². The summed E-state index contributed by atoms with van der Waals surface area (Å²) in [6.07, 6.45) is 4.40. The third kappa shape index (κ3) is 1.82. The van der Waals surface area contributed by atoms with Gasteiger partial charge in [0.1, 0.15) is 10.7 Å². The van der Waals surface area contributed by atoms with Gasteiger partial charge in [0, 0.05) is 18.4 Å². The van der Waals surface area contributed by atoms with Gasteiger partial charge in [-0.3, -0.25) is 0 Å². The Balaban J connectivity index is 2.19. The molecule has 0 spiro atoms. The molecule has 0 saturated heterocycles. The predicted molar refractivity (Wildman–Crippen MR) is 59.1 cm³/mol. The maximum atomic E-state index is 5.53. The van der Waals surface area contributed by atoms with E-state index in [2.05, 4.69) is 22.2 Å². The fraction of sp³-hybridized carbons (Fsp3) is 0.444. The van der Waals surface area contributed by atoms with Gasteiger partial charge in [-0.2, -0.15) is 0 Å². The molecular formula is C9H12N4S. The van der Waals surface area contributed by atoms with Crippen LogP contribution in [0.2, 0.25) is 0 Å². The molecule has 1 saturated carbocycles. The molecule has 1 aliphatic rings. The van der Waals surface area contributed by atoms with Crippen LogP contribution in [0.1, 0.15) is 19.0 Å². The Labute approximate surface area is 87.9 Å². The number of anilines is 1.